The summed E-state index contributed by atoms with van der Waals surface area (Å²) in [4.78, 5) is 38.4. The number of hydrogen-bond donors (Lipinski definition) is 0. The molecule has 0 aliphatic heterocycles. The summed E-state index contributed by atoms with van der Waals surface area (Å²) in [6.45, 7) is 6.41. The molecule has 0 aromatic carbocycles. The van der Waals surface area contributed by atoms with E-state index in [0.29, 0.717) is 19.3 Å². The van der Waals surface area contributed by atoms with Gasteiger partial charge in [-0.1, -0.05) is 296 Å². The molecule has 1 unspecified atom stereocenters. The van der Waals surface area contributed by atoms with E-state index in [0.717, 1.165) is 135 Å². The summed E-state index contributed by atoms with van der Waals surface area (Å²) in [5.41, 5.74) is 0. The lowest BCUT2D eigenvalue weighted by atomic mass is 10.0. The third-order valence-corrected chi connectivity index (χ3v) is 14.0. The second-order valence-electron chi connectivity index (χ2n) is 21.6. The first kappa shape index (κ1) is 74.8. The average Bonchev–Trinajstić information content (AvgIpc) is 3.45. The van der Waals surface area contributed by atoms with Crippen molar-refractivity contribution in [3.8, 4) is 0 Å². The van der Waals surface area contributed by atoms with Crippen LogP contribution >= 0.6 is 0 Å². The van der Waals surface area contributed by atoms with Crippen molar-refractivity contribution in [1.82, 2.24) is 0 Å². The van der Waals surface area contributed by atoms with Crippen molar-refractivity contribution in [1.29, 1.82) is 0 Å². The van der Waals surface area contributed by atoms with Gasteiger partial charge in [-0.3, -0.25) is 14.4 Å². The summed E-state index contributed by atoms with van der Waals surface area (Å²) in [7, 11) is 0. The quantitative estimate of drug-likeness (QED) is 0.0261. The van der Waals surface area contributed by atoms with Crippen LogP contribution in [0.25, 0.3) is 0 Å². The first-order valence-corrected chi connectivity index (χ1v) is 33.0. The summed E-state index contributed by atoms with van der Waals surface area (Å²) in [5.74, 6) is -0.907. The largest absolute Gasteiger partial charge is 0.462 e. The van der Waals surface area contributed by atoms with Gasteiger partial charge in [0.2, 0.25) is 0 Å². The van der Waals surface area contributed by atoms with E-state index >= 15 is 0 Å². The van der Waals surface area contributed by atoms with Crippen LogP contribution in [0, 0.1) is 0 Å². The Morgan fingerprint density at radius 1 is 0.266 bits per heavy atom. The van der Waals surface area contributed by atoms with Gasteiger partial charge in [-0.2, -0.15) is 0 Å². The summed E-state index contributed by atoms with van der Waals surface area (Å²) >= 11 is 0. The normalized spacial score (nSPS) is 12.9. The number of ether oxygens (including phenoxy) is 3. The second kappa shape index (κ2) is 66.3. The molecule has 0 heterocycles. The first-order valence-electron chi connectivity index (χ1n) is 33.0. The molecule has 79 heavy (non-hydrogen) atoms. The maximum atomic E-state index is 12.9. The molecule has 1 atom stereocenters. The molecule has 6 heteroatoms. The number of allylic oxidation sites excluding steroid dienone is 20. The Hall–Kier alpha value is -4.19. The minimum absolute atomic E-state index is 0.0884. The zero-order chi connectivity index (χ0) is 57.1. The molecule has 0 amide bonds. The van der Waals surface area contributed by atoms with E-state index in [4.69, 9.17) is 14.2 Å². The SMILES string of the molecule is CC/C=C\C/C=C\C/C=C\C/C=C\C/C=C\C/C=C\CCCCCCC(=O)OC(COC(=O)CCCCCCCCCCCCCCC)COC(=O)CCCCCCCCCCCCCC/C=C\C/C=C\C/C=C\C/C=C\CC. The molecule has 0 saturated carbocycles. The highest BCUT2D eigenvalue weighted by atomic mass is 16.6. The van der Waals surface area contributed by atoms with E-state index in [1.165, 1.54) is 128 Å². The number of carbonyl (C=O) groups is 3. The van der Waals surface area contributed by atoms with E-state index < -0.39 is 6.10 Å². The summed E-state index contributed by atoms with van der Waals surface area (Å²) < 4.78 is 16.9. The molecule has 6 nitrogen and oxygen atoms in total. The smallest absolute Gasteiger partial charge is 0.306 e. The number of unbranched alkanes of at least 4 members (excludes halogenated alkanes) is 28. The molecule has 0 aromatic rings. The van der Waals surface area contributed by atoms with Crippen LogP contribution in [0.1, 0.15) is 303 Å². The van der Waals surface area contributed by atoms with Crippen molar-refractivity contribution in [3.63, 3.8) is 0 Å². The fourth-order valence-corrected chi connectivity index (χ4v) is 9.09. The van der Waals surface area contributed by atoms with Gasteiger partial charge in [-0.05, 0) is 109 Å². The van der Waals surface area contributed by atoms with Crippen LogP contribution in [0.15, 0.2) is 122 Å². The molecule has 0 aliphatic carbocycles. The molecule has 0 fully saturated rings. The topological polar surface area (TPSA) is 78.9 Å². The number of carbonyl (C=O) groups excluding carboxylic acids is 3. The van der Waals surface area contributed by atoms with Gasteiger partial charge in [0.15, 0.2) is 6.10 Å². The predicted molar refractivity (Wildman–Crippen MR) is 343 cm³/mol. The Balaban J connectivity index is 4.38. The van der Waals surface area contributed by atoms with Crippen molar-refractivity contribution >= 4 is 17.9 Å². The Morgan fingerprint density at radius 3 is 0.772 bits per heavy atom. The summed E-state index contributed by atoms with van der Waals surface area (Å²) in [6, 6.07) is 0. The van der Waals surface area contributed by atoms with Crippen molar-refractivity contribution < 1.29 is 28.6 Å². The van der Waals surface area contributed by atoms with Crippen LogP contribution < -0.4 is 0 Å². The van der Waals surface area contributed by atoms with Gasteiger partial charge in [-0.25, -0.2) is 0 Å². The molecule has 0 aliphatic rings. The number of rotatable bonds is 59. The molecule has 0 radical (unpaired) electrons. The molecule has 0 N–H and O–H groups in total. The maximum Gasteiger partial charge on any atom is 0.306 e. The van der Waals surface area contributed by atoms with Gasteiger partial charge in [0.25, 0.3) is 0 Å². The maximum absolute atomic E-state index is 12.9. The predicted octanol–water partition coefficient (Wildman–Crippen LogP) is 22.8. The van der Waals surface area contributed by atoms with Gasteiger partial charge in [0, 0.05) is 19.3 Å². The highest BCUT2D eigenvalue weighted by Gasteiger charge is 2.19. The monoisotopic (exact) mass is 1090 g/mol. The number of hydrogen-bond acceptors (Lipinski definition) is 6. The lowest BCUT2D eigenvalue weighted by Gasteiger charge is -2.18. The highest BCUT2D eigenvalue weighted by Crippen LogP contribution is 2.16. The van der Waals surface area contributed by atoms with Crippen molar-refractivity contribution in [2.75, 3.05) is 13.2 Å². The highest BCUT2D eigenvalue weighted by molar-refractivity contribution is 5.71. The third kappa shape index (κ3) is 64.5. The van der Waals surface area contributed by atoms with Crippen LogP contribution in [0.4, 0.5) is 0 Å². The third-order valence-electron chi connectivity index (χ3n) is 14.0. The Labute approximate surface area is 488 Å². The summed E-state index contributed by atoms with van der Waals surface area (Å²) in [6.07, 6.45) is 92.0. The van der Waals surface area contributed by atoms with Gasteiger partial charge < -0.3 is 14.2 Å². The van der Waals surface area contributed by atoms with E-state index in [1.807, 2.05) is 0 Å². The second-order valence-corrected chi connectivity index (χ2v) is 21.6. The first-order chi connectivity index (χ1) is 39.0. The van der Waals surface area contributed by atoms with E-state index in [9.17, 15) is 14.4 Å². The van der Waals surface area contributed by atoms with Crippen LogP contribution in [0.5, 0.6) is 0 Å². The van der Waals surface area contributed by atoms with Gasteiger partial charge >= 0.3 is 17.9 Å². The van der Waals surface area contributed by atoms with Crippen molar-refractivity contribution in [2.24, 2.45) is 0 Å². The molecular weight excluding hydrogens is 973 g/mol. The molecule has 450 valence electrons. The molecule has 0 rings (SSSR count). The zero-order valence-corrected chi connectivity index (χ0v) is 51.6. The van der Waals surface area contributed by atoms with Crippen molar-refractivity contribution in [2.45, 2.75) is 309 Å². The Morgan fingerprint density at radius 2 is 0.494 bits per heavy atom. The van der Waals surface area contributed by atoms with Crippen LogP contribution in [0.2, 0.25) is 0 Å². The fraction of sp³-hybridized carbons (Fsp3) is 0.685. The van der Waals surface area contributed by atoms with Crippen molar-refractivity contribution in [3.05, 3.63) is 122 Å². The standard InChI is InChI=1S/C73H122O6/c1-4-7-10-13-16-19-22-25-27-29-31-33-35-36-38-39-41-43-45-48-51-54-57-60-63-66-72(75)78-69-70(68-77-71(74)65-62-59-56-53-50-47-24-21-18-15-12-9-6-3)79-73(76)67-64-61-58-55-52-49-46-44-42-40-37-34-32-30-28-26-23-20-17-14-11-8-5-2/h7-8,10-11,16-17,19-20,25-28,31-34,40,42,46,49,70H,4-6,9,12-15,18,21-24,29-30,35-39,41,43-45,47-48,50-69H2,1-3H3/b10-7-,11-8-,19-16-,20-17-,27-25-,28-26-,33-31-,34-32-,42-40-,49-46-. The zero-order valence-electron chi connectivity index (χ0n) is 51.6. The van der Waals surface area contributed by atoms with E-state index in [1.54, 1.807) is 0 Å². The van der Waals surface area contributed by atoms with E-state index in [2.05, 4.69) is 142 Å². The minimum Gasteiger partial charge on any atom is -0.462 e. The lowest BCUT2D eigenvalue weighted by molar-refractivity contribution is -0.167. The molecular formula is C73H122O6. The summed E-state index contributed by atoms with van der Waals surface area (Å²) in [5, 5.41) is 0. The van der Waals surface area contributed by atoms with Gasteiger partial charge in [0.05, 0.1) is 0 Å². The number of esters is 3. The van der Waals surface area contributed by atoms with Crippen LogP contribution in [0.3, 0.4) is 0 Å². The fourth-order valence-electron chi connectivity index (χ4n) is 9.09. The Kier molecular flexibility index (Phi) is 62.8. The van der Waals surface area contributed by atoms with Crippen LogP contribution in [-0.4, -0.2) is 37.2 Å². The van der Waals surface area contributed by atoms with Crippen LogP contribution in [-0.2, 0) is 28.6 Å². The van der Waals surface area contributed by atoms with Gasteiger partial charge in [-0.15, -0.1) is 0 Å². The molecule has 0 bridgehead atoms. The lowest BCUT2D eigenvalue weighted by Crippen LogP contribution is -2.30. The molecule has 0 spiro atoms. The average molecular weight is 1100 g/mol. The Bertz CT molecular complexity index is 1640. The minimum atomic E-state index is -0.795. The van der Waals surface area contributed by atoms with Gasteiger partial charge in [0.1, 0.15) is 13.2 Å². The molecule has 0 saturated heterocycles. The molecule has 0 aromatic heterocycles. The van der Waals surface area contributed by atoms with E-state index in [-0.39, 0.29) is 31.1 Å².